The van der Waals surface area contributed by atoms with Gasteiger partial charge in [0.2, 0.25) is 0 Å². The minimum absolute atomic E-state index is 0.0372. The molecule has 3 aromatic carbocycles. The molecule has 1 aliphatic heterocycles. The molecular weight excluding hydrogens is 408 g/mol. The third kappa shape index (κ3) is 3.75. The van der Waals surface area contributed by atoms with Crippen molar-refractivity contribution in [2.45, 2.75) is 13.8 Å². The molecule has 0 bridgehead atoms. The first kappa shape index (κ1) is 19.6. The number of hydrogen-bond donors (Lipinski definition) is 0. The number of ether oxygens (including phenoxy) is 2. The molecule has 0 aliphatic carbocycles. The highest BCUT2D eigenvalue weighted by molar-refractivity contribution is 7.11. The van der Waals surface area contributed by atoms with Crippen LogP contribution in [0.15, 0.2) is 60.7 Å². The third-order valence-corrected chi connectivity index (χ3v) is 6.29. The van der Waals surface area contributed by atoms with E-state index in [4.69, 9.17) is 9.47 Å². The van der Waals surface area contributed by atoms with E-state index >= 15 is 0 Å². The van der Waals surface area contributed by atoms with E-state index in [0.717, 1.165) is 43.4 Å². The van der Waals surface area contributed by atoms with E-state index in [1.54, 1.807) is 16.2 Å². The molecule has 0 saturated heterocycles. The van der Waals surface area contributed by atoms with Gasteiger partial charge < -0.3 is 14.4 Å². The fourth-order valence-electron chi connectivity index (χ4n) is 3.96. The zero-order valence-corrected chi connectivity index (χ0v) is 18.2. The summed E-state index contributed by atoms with van der Waals surface area (Å²) in [4.78, 5) is 20.2. The maximum atomic E-state index is 12.7. The summed E-state index contributed by atoms with van der Waals surface area (Å²) in [6, 6.07) is 20.0. The third-order valence-electron chi connectivity index (χ3n) is 5.40. The molecule has 31 heavy (non-hydrogen) atoms. The number of amides is 1. The van der Waals surface area contributed by atoms with Crippen LogP contribution in [-0.4, -0.2) is 30.6 Å². The van der Waals surface area contributed by atoms with Crippen LogP contribution in [-0.2, 0) is 4.79 Å². The summed E-state index contributed by atoms with van der Waals surface area (Å²) in [7, 11) is 0. The monoisotopic (exact) mass is 430 g/mol. The van der Waals surface area contributed by atoms with Crippen LogP contribution in [0.25, 0.3) is 22.0 Å². The molecular formula is C25H22N2O3S. The van der Waals surface area contributed by atoms with Gasteiger partial charge in [-0.3, -0.25) is 4.79 Å². The van der Waals surface area contributed by atoms with Crippen LogP contribution in [0.1, 0.15) is 9.88 Å². The zero-order valence-electron chi connectivity index (χ0n) is 17.4. The van der Waals surface area contributed by atoms with Gasteiger partial charge in [0.05, 0.1) is 22.9 Å². The fraction of sp³-hybridized carbons (Fsp3) is 0.200. The molecule has 6 heteroatoms. The van der Waals surface area contributed by atoms with Crippen molar-refractivity contribution in [1.82, 2.24) is 4.98 Å². The summed E-state index contributed by atoms with van der Waals surface area (Å²) < 4.78 is 11.7. The lowest BCUT2D eigenvalue weighted by Crippen LogP contribution is -2.41. The molecule has 4 aromatic rings. The van der Waals surface area contributed by atoms with E-state index in [1.807, 2.05) is 55.5 Å². The number of aryl methyl sites for hydroxylation is 2. The maximum absolute atomic E-state index is 12.7. The molecule has 0 saturated carbocycles. The number of fused-ring (bicyclic) bond motifs is 2. The lowest BCUT2D eigenvalue weighted by molar-refractivity contribution is -0.121. The summed E-state index contributed by atoms with van der Waals surface area (Å²) in [6.45, 7) is 4.94. The van der Waals surface area contributed by atoms with Gasteiger partial charge in [-0.2, -0.15) is 0 Å². The Morgan fingerprint density at radius 3 is 2.77 bits per heavy atom. The summed E-state index contributed by atoms with van der Waals surface area (Å²) in [5.74, 6) is 1.46. The number of aromatic nitrogens is 1. The molecule has 0 atom stereocenters. The Hall–Kier alpha value is -3.38. The predicted octanol–water partition coefficient (Wildman–Crippen LogP) is 5.38. The molecule has 0 radical (unpaired) electrons. The fourth-order valence-corrected chi connectivity index (χ4v) is 4.80. The van der Waals surface area contributed by atoms with Crippen molar-refractivity contribution >= 4 is 33.7 Å². The van der Waals surface area contributed by atoms with Crippen LogP contribution in [0.2, 0.25) is 0 Å². The van der Waals surface area contributed by atoms with E-state index in [2.05, 4.69) is 24.0 Å². The predicted molar refractivity (Wildman–Crippen MR) is 124 cm³/mol. The van der Waals surface area contributed by atoms with Crippen LogP contribution in [0.4, 0.5) is 5.69 Å². The number of nitrogens with zero attached hydrogens (tertiary/aromatic N) is 2. The van der Waals surface area contributed by atoms with Gasteiger partial charge >= 0.3 is 0 Å². The molecule has 0 N–H and O–H groups in total. The molecule has 1 aromatic heterocycles. The van der Waals surface area contributed by atoms with Crippen LogP contribution < -0.4 is 14.4 Å². The van der Waals surface area contributed by atoms with Crippen molar-refractivity contribution in [3.63, 3.8) is 0 Å². The lowest BCUT2D eigenvalue weighted by atomic mass is 10.1. The van der Waals surface area contributed by atoms with Gasteiger partial charge in [-0.1, -0.05) is 36.4 Å². The number of hydrogen-bond acceptors (Lipinski definition) is 5. The molecule has 1 amide bonds. The van der Waals surface area contributed by atoms with E-state index in [-0.39, 0.29) is 12.5 Å². The first-order valence-corrected chi connectivity index (χ1v) is 11.0. The van der Waals surface area contributed by atoms with Crippen molar-refractivity contribution in [2.24, 2.45) is 0 Å². The quantitative estimate of drug-likeness (QED) is 0.426. The van der Waals surface area contributed by atoms with E-state index in [0.29, 0.717) is 18.9 Å². The average Bonchev–Trinajstić information content (AvgIpc) is 3.13. The Labute approximate surface area is 184 Å². The van der Waals surface area contributed by atoms with E-state index in [1.165, 1.54) is 0 Å². The Kier molecular flexibility index (Phi) is 5.08. The second-order valence-corrected chi connectivity index (χ2v) is 8.89. The Balaban J connectivity index is 1.39. The minimum Gasteiger partial charge on any atom is -0.491 e. The molecule has 2 heterocycles. The first-order chi connectivity index (χ1) is 15.1. The van der Waals surface area contributed by atoms with E-state index < -0.39 is 0 Å². The Morgan fingerprint density at radius 1 is 1.10 bits per heavy atom. The Morgan fingerprint density at radius 2 is 1.94 bits per heavy atom. The number of rotatable bonds is 5. The SMILES string of the molecule is Cc1nc(-c2ccc3c(c2)N(CCOc2cccc4ccccc24)C(=O)CO3)c(C)s1. The molecule has 1 aliphatic rings. The highest BCUT2D eigenvalue weighted by Crippen LogP contribution is 2.37. The number of carbonyl (C=O) groups is 1. The molecule has 156 valence electrons. The molecule has 5 nitrogen and oxygen atoms in total. The van der Waals surface area contributed by atoms with Crippen LogP contribution in [0, 0.1) is 13.8 Å². The van der Waals surface area contributed by atoms with Crippen molar-refractivity contribution in [2.75, 3.05) is 24.7 Å². The normalized spacial score (nSPS) is 13.2. The maximum Gasteiger partial charge on any atom is 0.265 e. The van der Waals surface area contributed by atoms with Gasteiger partial charge in [-0.25, -0.2) is 4.98 Å². The van der Waals surface area contributed by atoms with Crippen molar-refractivity contribution in [3.05, 3.63) is 70.5 Å². The van der Waals surface area contributed by atoms with Gasteiger partial charge in [-0.05, 0) is 43.5 Å². The summed E-state index contributed by atoms with van der Waals surface area (Å²) in [6.07, 6.45) is 0. The highest BCUT2D eigenvalue weighted by atomic mass is 32.1. The molecule has 0 spiro atoms. The largest absolute Gasteiger partial charge is 0.491 e. The first-order valence-electron chi connectivity index (χ1n) is 10.2. The van der Waals surface area contributed by atoms with Gasteiger partial charge in [0.1, 0.15) is 18.1 Å². The summed E-state index contributed by atoms with van der Waals surface area (Å²) >= 11 is 1.67. The van der Waals surface area contributed by atoms with Crippen molar-refractivity contribution < 1.29 is 14.3 Å². The van der Waals surface area contributed by atoms with Gasteiger partial charge in [0.25, 0.3) is 5.91 Å². The molecule has 5 rings (SSSR count). The summed E-state index contributed by atoms with van der Waals surface area (Å²) in [5, 5.41) is 3.22. The number of benzene rings is 3. The van der Waals surface area contributed by atoms with E-state index in [9.17, 15) is 4.79 Å². The molecule has 0 fully saturated rings. The van der Waals surface area contributed by atoms with Gasteiger partial charge in [-0.15, -0.1) is 11.3 Å². The highest BCUT2D eigenvalue weighted by Gasteiger charge is 2.26. The zero-order chi connectivity index (χ0) is 21.4. The van der Waals surface area contributed by atoms with Gasteiger partial charge in [0.15, 0.2) is 6.61 Å². The standard InChI is InChI=1S/C25H22N2O3S/c1-16-25(26-17(2)31-16)19-10-11-23-21(14-19)27(24(28)15-30-23)12-13-29-22-9-5-7-18-6-3-4-8-20(18)22/h3-11,14H,12-13,15H2,1-2H3. The van der Waals surface area contributed by atoms with Crippen LogP contribution >= 0.6 is 11.3 Å². The number of anilines is 1. The lowest BCUT2D eigenvalue weighted by Gasteiger charge is -2.29. The average molecular weight is 431 g/mol. The topological polar surface area (TPSA) is 51.7 Å². The molecule has 0 unspecified atom stereocenters. The second kappa shape index (κ2) is 8.04. The smallest absolute Gasteiger partial charge is 0.265 e. The number of carbonyl (C=O) groups excluding carboxylic acids is 1. The van der Waals surface area contributed by atoms with Crippen LogP contribution in [0.3, 0.4) is 0 Å². The summed E-state index contributed by atoms with van der Waals surface area (Å²) in [5.41, 5.74) is 2.70. The Bertz CT molecular complexity index is 1280. The van der Waals surface area contributed by atoms with Crippen LogP contribution in [0.5, 0.6) is 11.5 Å². The number of thiazole rings is 1. The van der Waals surface area contributed by atoms with Crippen molar-refractivity contribution in [3.8, 4) is 22.8 Å². The van der Waals surface area contributed by atoms with Gasteiger partial charge in [0, 0.05) is 15.8 Å². The minimum atomic E-state index is -0.0719. The van der Waals surface area contributed by atoms with Crippen molar-refractivity contribution in [1.29, 1.82) is 0 Å². The second-order valence-electron chi connectivity index (χ2n) is 7.48.